The Morgan fingerprint density at radius 2 is 2.19 bits per heavy atom. The van der Waals surface area contributed by atoms with E-state index in [1.165, 1.54) is 0 Å². The van der Waals surface area contributed by atoms with E-state index in [-0.39, 0.29) is 11.7 Å². The second kappa shape index (κ2) is 3.94. The molecule has 0 radical (unpaired) electrons. The molecule has 0 fully saturated rings. The van der Waals surface area contributed by atoms with Gasteiger partial charge in [0.15, 0.2) is 0 Å². The lowest BCUT2D eigenvalue weighted by molar-refractivity contribution is 0.0680. The lowest BCUT2D eigenvalue weighted by atomic mass is 10.1. The van der Waals surface area contributed by atoms with Gasteiger partial charge in [0.2, 0.25) is 0 Å². The Morgan fingerprint density at radius 1 is 1.44 bits per heavy atom. The number of hydrogen-bond donors (Lipinski definition) is 1. The molecular weight excluding hydrogens is 232 g/mol. The van der Waals surface area contributed by atoms with Gasteiger partial charge in [0.25, 0.3) is 11.7 Å². The molecule has 0 aliphatic heterocycles. The fraction of sp³-hybridized carbons (Fsp3) is 0.100. The molecule has 16 heavy (non-hydrogen) atoms. The number of carboxylic acid groups (broad SMARTS) is 1. The van der Waals surface area contributed by atoms with Crippen LogP contribution in [0.5, 0.6) is 0 Å². The van der Waals surface area contributed by atoms with Gasteiger partial charge in [0.05, 0.1) is 0 Å². The van der Waals surface area contributed by atoms with Crippen LogP contribution < -0.4 is 0 Å². The number of aromatic carboxylic acids is 1. The average Bonchev–Trinajstić information content (AvgIpc) is 2.64. The zero-order valence-electron chi connectivity index (χ0n) is 8.27. The average molecular weight is 239 g/mol. The van der Waals surface area contributed by atoms with E-state index in [0.29, 0.717) is 10.6 Å². The Morgan fingerprint density at radius 3 is 2.75 bits per heavy atom. The molecule has 0 saturated carbocycles. The molecule has 1 aromatic carbocycles. The van der Waals surface area contributed by atoms with Crippen LogP contribution >= 0.6 is 11.6 Å². The zero-order valence-corrected chi connectivity index (χ0v) is 9.02. The van der Waals surface area contributed by atoms with Crippen molar-refractivity contribution in [3.8, 4) is 11.5 Å². The fourth-order valence-electron chi connectivity index (χ4n) is 1.29. The highest BCUT2D eigenvalue weighted by atomic mass is 35.5. The highest BCUT2D eigenvalue weighted by Gasteiger charge is 2.14. The molecule has 0 atom stereocenters. The Hall–Kier alpha value is -1.88. The van der Waals surface area contributed by atoms with Crippen LogP contribution in [0.1, 0.15) is 16.2 Å². The maximum absolute atomic E-state index is 10.6. The summed E-state index contributed by atoms with van der Waals surface area (Å²) in [4.78, 5) is 14.3. The van der Waals surface area contributed by atoms with E-state index in [4.69, 9.17) is 21.2 Å². The Kier molecular flexibility index (Phi) is 2.62. The zero-order chi connectivity index (χ0) is 11.7. The number of aryl methyl sites for hydroxylation is 1. The van der Waals surface area contributed by atoms with Gasteiger partial charge in [0.1, 0.15) is 0 Å². The number of benzene rings is 1. The molecule has 2 rings (SSSR count). The molecule has 2 aromatic rings. The third-order valence-electron chi connectivity index (χ3n) is 1.91. The van der Waals surface area contributed by atoms with Crippen molar-refractivity contribution in [2.75, 3.05) is 0 Å². The van der Waals surface area contributed by atoms with Gasteiger partial charge in [-0.05, 0) is 35.8 Å². The van der Waals surface area contributed by atoms with Crippen LogP contribution in [-0.2, 0) is 0 Å². The van der Waals surface area contributed by atoms with Crippen LogP contribution in [0.15, 0.2) is 22.7 Å². The molecule has 0 aliphatic rings. The standard InChI is InChI=1S/C10H7ClN2O3/c1-5-2-6(4-7(11)3-5)9-12-8(10(14)15)13-16-9/h2-4H,1H3,(H,14,15). The van der Waals surface area contributed by atoms with Crippen molar-refractivity contribution < 1.29 is 14.4 Å². The molecule has 1 aromatic heterocycles. The van der Waals surface area contributed by atoms with Gasteiger partial charge in [0, 0.05) is 10.6 Å². The van der Waals surface area contributed by atoms with E-state index >= 15 is 0 Å². The molecule has 6 heteroatoms. The highest BCUT2D eigenvalue weighted by molar-refractivity contribution is 6.30. The van der Waals surface area contributed by atoms with E-state index in [1.807, 2.05) is 6.92 Å². The number of hydrogen-bond acceptors (Lipinski definition) is 4. The number of rotatable bonds is 2. The first-order chi connectivity index (χ1) is 7.56. The molecule has 0 saturated heterocycles. The first-order valence-corrected chi connectivity index (χ1v) is 4.78. The van der Waals surface area contributed by atoms with E-state index < -0.39 is 5.97 Å². The molecule has 5 nitrogen and oxygen atoms in total. The maximum Gasteiger partial charge on any atom is 0.377 e. The summed E-state index contributed by atoms with van der Waals surface area (Å²) in [6.45, 7) is 1.86. The van der Waals surface area contributed by atoms with Gasteiger partial charge in [-0.2, -0.15) is 4.98 Å². The van der Waals surface area contributed by atoms with Crippen LogP contribution in [-0.4, -0.2) is 21.2 Å². The summed E-state index contributed by atoms with van der Waals surface area (Å²) in [7, 11) is 0. The molecule has 0 bridgehead atoms. The van der Waals surface area contributed by atoms with Gasteiger partial charge < -0.3 is 9.63 Å². The molecule has 82 valence electrons. The topological polar surface area (TPSA) is 76.2 Å². The summed E-state index contributed by atoms with van der Waals surface area (Å²) in [5, 5.41) is 12.5. The van der Waals surface area contributed by atoms with Crippen LogP contribution in [0.2, 0.25) is 5.02 Å². The summed E-state index contributed by atoms with van der Waals surface area (Å²) in [5.74, 6) is -1.45. The molecule has 1 N–H and O–H groups in total. The van der Waals surface area contributed by atoms with Crippen molar-refractivity contribution in [3.05, 3.63) is 34.6 Å². The summed E-state index contributed by atoms with van der Waals surface area (Å²) in [6.07, 6.45) is 0. The van der Waals surface area contributed by atoms with E-state index in [1.54, 1.807) is 18.2 Å². The van der Waals surface area contributed by atoms with Crippen molar-refractivity contribution in [2.24, 2.45) is 0 Å². The van der Waals surface area contributed by atoms with Crippen LogP contribution in [0.4, 0.5) is 0 Å². The second-order valence-corrected chi connectivity index (χ2v) is 3.68. The van der Waals surface area contributed by atoms with Gasteiger partial charge >= 0.3 is 5.97 Å². The SMILES string of the molecule is Cc1cc(Cl)cc(-c2nc(C(=O)O)no2)c1. The number of halogens is 1. The normalized spacial score (nSPS) is 10.4. The quantitative estimate of drug-likeness (QED) is 0.869. The molecular formula is C10H7ClN2O3. The number of carbonyl (C=O) groups is 1. The summed E-state index contributed by atoms with van der Waals surface area (Å²) < 4.78 is 4.82. The molecule has 0 aliphatic carbocycles. The van der Waals surface area contributed by atoms with E-state index in [2.05, 4.69) is 10.1 Å². The summed E-state index contributed by atoms with van der Waals surface area (Å²) >= 11 is 5.86. The number of aromatic nitrogens is 2. The highest BCUT2D eigenvalue weighted by Crippen LogP contribution is 2.23. The summed E-state index contributed by atoms with van der Waals surface area (Å²) in [6, 6.07) is 5.19. The predicted molar refractivity (Wildman–Crippen MR) is 56.4 cm³/mol. The second-order valence-electron chi connectivity index (χ2n) is 3.25. The van der Waals surface area contributed by atoms with Gasteiger partial charge in [-0.3, -0.25) is 0 Å². The lowest BCUT2D eigenvalue weighted by Crippen LogP contribution is -1.98. The van der Waals surface area contributed by atoms with Gasteiger partial charge in [-0.1, -0.05) is 11.6 Å². The van der Waals surface area contributed by atoms with Crippen molar-refractivity contribution in [2.45, 2.75) is 6.92 Å². The lowest BCUT2D eigenvalue weighted by Gasteiger charge is -1.97. The Labute approximate surface area is 95.7 Å². The molecule has 1 heterocycles. The molecule has 0 spiro atoms. The minimum atomic E-state index is -1.23. The van der Waals surface area contributed by atoms with E-state index in [0.717, 1.165) is 5.56 Å². The van der Waals surface area contributed by atoms with Crippen molar-refractivity contribution in [1.82, 2.24) is 10.1 Å². The Bertz CT molecular complexity index is 530. The number of nitrogens with zero attached hydrogens (tertiary/aromatic N) is 2. The van der Waals surface area contributed by atoms with Crippen molar-refractivity contribution >= 4 is 17.6 Å². The third-order valence-corrected chi connectivity index (χ3v) is 2.12. The molecule has 0 unspecified atom stereocenters. The summed E-state index contributed by atoms with van der Waals surface area (Å²) in [5.41, 5.74) is 1.53. The minimum absolute atomic E-state index is 0.142. The fourth-order valence-corrected chi connectivity index (χ4v) is 1.58. The first-order valence-electron chi connectivity index (χ1n) is 4.41. The van der Waals surface area contributed by atoms with Crippen molar-refractivity contribution in [3.63, 3.8) is 0 Å². The van der Waals surface area contributed by atoms with Crippen LogP contribution in [0.3, 0.4) is 0 Å². The predicted octanol–water partition coefficient (Wildman–Crippen LogP) is 2.40. The molecule has 0 amide bonds. The third kappa shape index (κ3) is 2.04. The van der Waals surface area contributed by atoms with E-state index in [9.17, 15) is 4.79 Å². The van der Waals surface area contributed by atoms with Gasteiger partial charge in [-0.15, -0.1) is 0 Å². The maximum atomic E-state index is 10.6. The van der Waals surface area contributed by atoms with Gasteiger partial charge in [-0.25, -0.2) is 4.79 Å². The van der Waals surface area contributed by atoms with Crippen LogP contribution in [0.25, 0.3) is 11.5 Å². The smallest absolute Gasteiger partial charge is 0.377 e. The monoisotopic (exact) mass is 238 g/mol. The largest absolute Gasteiger partial charge is 0.475 e. The Balaban J connectivity index is 2.46. The first kappa shape index (κ1) is 10.6. The van der Waals surface area contributed by atoms with Crippen molar-refractivity contribution in [1.29, 1.82) is 0 Å². The van der Waals surface area contributed by atoms with Crippen LogP contribution in [0, 0.1) is 6.92 Å². The number of carboxylic acids is 1. The minimum Gasteiger partial charge on any atom is -0.475 e.